The summed E-state index contributed by atoms with van der Waals surface area (Å²) in [5, 5.41) is 6.66. The first-order valence-corrected chi connectivity index (χ1v) is 9.60. The minimum Gasteiger partial charge on any atom is -0.381 e. The predicted octanol–water partition coefficient (Wildman–Crippen LogP) is 2.56. The maximum absolute atomic E-state index is 5.86. The van der Waals surface area contributed by atoms with E-state index >= 15 is 0 Å². The number of rotatable bonds is 11. The van der Waals surface area contributed by atoms with Crippen molar-refractivity contribution < 1.29 is 14.2 Å². The van der Waals surface area contributed by atoms with Gasteiger partial charge in [-0.1, -0.05) is 12.8 Å². The molecule has 2 fully saturated rings. The molecule has 2 rings (SSSR count). The first-order valence-electron chi connectivity index (χ1n) is 9.60. The van der Waals surface area contributed by atoms with E-state index in [-0.39, 0.29) is 24.0 Å². The van der Waals surface area contributed by atoms with Crippen LogP contribution in [0, 0.1) is 5.92 Å². The van der Waals surface area contributed by atoms with Gasteiger partial charge in [-0.15, -0.1) is 24.0 Å². The molecule has 1 aliphatic carbocycles. The largest absolute Gasteiger partial charge is 0.381 e. The number of ether oxygens (including phenoxy) is 3. The van der Waals surface area contributed by atoms with Gasteiger partial charge in [0.15, 0.2) is 5.96 Å². The fourth-order valence-corrected chi connectivity index (χ4v) is 3.15. The number of hydrogen-bond acceptors (Lipinski definition) is 4. The molecule has 0 aromatic heterocycles. The molecule has 0 spiro atoms. The summed E-state index contributed by atoms with van der Waals surface area (Å²) in [5.41, 5.74) is 0. The molecule has 1 aliphatic heterocycles. The van der Waals surface area contributed by atoms with Crippen molar-refractivity contribution in [3.8, 4) is 0 Å². The van der Waals surface area contributed by atoms with Crippen LogP contribution in [-0.4, -0.2) is 65.2 Å². The van der Waals surface area contributed by atoms with Crippen LogP contribution in [0.1, 0.15) is 44.9 Å². The predicted molar refractivity (Wildman–Crippen MR) is 112 cm³/mol. The van der Waals surface area contributed by atoms with E-state index in [4.69, 9.17) is 14.2 Å². The maximum atomic E-state index is 5.86. The average molecular weight is 469 g/mol. The lowest BCUT2D eigenvalue weighted by molar-refractivity contribution is 0.0574. The van der Waals surface area contributed by atoms with Gasteiger partial charge in [0, 0.05) is 45.9 Å². The van der Waals surface area contributed by atoms with Gasteiger partial charge in [0.1, 0.15) is 0 Å². The van der Waals surface area contributed by atoms with Crippen molar-refractivity contribution in [2.45, 2.75) is 51.0 Å². The van der Waals surface area contributed by atoms with Crippen molar-refractivity contribution in [2.75, 3.05) is 53.2 Å². The molecular weight excluding hydrogens is 433 g/mol. The molecule has 148 valence electrons. The number of hydrogen-bond donors (Lipinski definition) is 2. The van der Waals surface area contributed by atoms with E-state index < -0.39 is 0 Å². The van der Waals surface area contributed by atoms with Crippen LogP contribution in [0.25, 0.3) is 0 Å². The third-order valence-electron chi connectivity index (χ3n) is 4.63. The van der Waals surface area contributed by atoms with Crippen molar-refractivity contribution in [1.29, 1.82) is 0 Å². The second-order valence-corrected chi connectivity index (χ2v) is 6.71. The van der Waals surface area contributed by atoms with Gasteiger partial charge in [0.05, 0.1) is 19.3 Å². The highest BCUT2D eigenvalue weighted by Crippen LogP contribution is 2.20. The highest BCUT2D eigenvalue weighted by molar-refractivity contribution is 14.0. The summed E-state index contributed by atoms with van der Waals surface area (Å²) in [5.74, 6) is 1.46. The molecule has 1 heterocycles. The minimum absolute atomic E-state index is 0. The molecular formula is C18H36IN3O3. The van der Waals surface area contributed by atoms with Crippen molar-refractivity contribution in [3.05, 3.63) is 0 Å². The van der Waals surface area contributed by atoms with Gasteiger partial charge < -0.3 is 24.8 Å². The van der Waals surface area contributed by atoms with E-state index in [0.29, 0.717) is 12.0 Å². The van der Waals surface area contributed by atoms with Crippen molar-refractivity contribution >= 4 is 29.9 Å². The molecule has 0 amide bonds. The molecule has 1 saturated heterocycles. The fourth-order valence-electron chi connectivity index (χ4n) is 3.15. The molecule has 7 heteroatoms. The second kappa shape index (κ2) is 15.0. The van der Waals surface area contributed by atoms with Gasteiger partial charge in [0.2, 0.25) is 0 Å². The summed E-state index contributed by atoms with van der Waals surface area (Å²) < 4.78 is 16.9. The van der Waals surface area contributed by atoms with Crippen LogP contribution in [0.3, 0.4) is 0 Å². The highest BCUT2D eigenvalue weighted by atomic mass is 127. The van der Waals surface area contributed by atoms with E-state index in [9.17, 15) is 0 Å². The third-order valence-corrected chi connectivity index (χ3v) is 4.63. The molecule has 1 unspecified atom stereocenters. The SMILES string of the molecule is CN=C(NCCCOCC1CCOC1)NCCCOC1CCCC1.I. The number of nitrogens with zero attached hydrogens (tertiary/aromatic N) is 1. The topological polar surface area (TPSA) is 64.1 Å². The van der Waals surface area contributed by atoms with E-state index in [1.54, 1.807) is 7.05 Å². The molecule has 0 aromatic rings. The van der Waals surface area contributed by atoms with Crippen LogP contribution in [0.5, 0.6) is 0 Å². The van der Waals surface area contributed by atoms with E-state index in [2.05, 4.69) is 15.6 Å². The first kappa shape index (κ1) is 22.9. The molecule has 1 atom stereocenters. The van der Waals surface area contributed by atoms with Crippen LogP contribution in [-0.2, 0) is 14.2 Å². The summed E-state index contributed by atoms with van der Waals surface area (Å²) in [6, 6.07) is 0. The molecule has 0 bridgehead atoms. The monoisotopic (exact) mass is 469 g/mol. The Balaban J connectivity index is 0.00000312. The molecule has 6 nitrogen and oxygen atoms in total. The highest BCUT2D eigenvalue weighted by Gasteiger charge is 2.15. The standard InChI is InChI=1S/C18H35N3O3.HI/c1-19-18(21-10-5-12-24-17-6-2-3-7-17)20-9-4-11-22-14-16-8-13-23-15-16;/h16-17H,2-15H2,1H3,(H2,19,20,21);1H. The summed E-state index contributed by atoms with van der Waals surface area (Å²) in [6.45, 7) is 5.98. The first-order chi connectivity index (χ1) is 11.9. The Morgan fingerprint density at radius 3 is 2.44 bits per heavy atom. The molecule has 25 heavy (non-hydrogen) atoms. The number of guanidine groups is 1. The molecule has 0 aromatic carbocycles. The summed E-state index contributed by atoms with van der Waals surface area (Å²) >= 11 is 0. The van der Waals surface area contributed by atoms with Gasteiger partial charge in [-0.2, -0.15) is 0 Å². The van der Waals surface area contributed by atoms with Crippen LogP contribution >= 0.6 is 24.0 Å². The Morgan fingerprint density at radius 2 is 1.80 bits per heavy atom. The zero-order valence-electron chi connectivity index (χ0n) is 15.6. The summed E-state index contributed by atoms with van der Waals surface area (Å²) in [4.78, 5) is 4.24. The lowest BCUT2D eigenvalue weighted by Gasteiger charge is -2.14. The Bertz CT molecular complexity index is 346. The van der Waals surface area contributed by atoms with E-state index in [1.807, 2.05) is 0 Å². The number of aliphatic imine (C=N–C) groups is 1. The number of halogens is 1. The zero-order chi connectivity index (χ0) is 16.9. The van der Waals surface area contributed by atoms with Crippen molar-refractivity contribution in [3.63, 3.8) is 0 Å². The minimum atomic E-state index is 0. The third kappa shape index (κ3) is 10.6. The van der Waals surface area contributed by atoms with Crippen LogP contribution in [0.15, 0.2) is 4.99 Å². The van der Waals surface area contributed by atoms with Crippen LogP contribution < -0.4 is 10.6 Å². The zero-order valence-corrected chi connectivity index (χ0v) is 18.0. The quantitative estimate of drug-likeness (QED) is 0.211. The fraction of sp³-hybridized carbons (Fsp3) is 0.944. The lowest BCUT2D eigenvalue weighted by Crippen LogP contribution is -2.38. The lowest BCUT2D eigenvalue weighted by atomic mass is 10.1. The van der Waals surface area contributed by atoms with Gasteiger partial charge in [-0.3, -0.25) is 4.99 Å². The Hall–Kier alpha value is -0.120. The Kier molecular flexibility index (Phi) is 13.7. The molecule has 0 radical (unpaired) electrons. The average Bonchev–Trinajstić information content (AvgIpc) is 3.29. The Labute approximate surface area is 169 Å². The maximum Gasteiger partial charge on any atom is 0.190 e. The van der Waals surface area contributed by atoms with Crippen molar-refractivity contribution in [1.82, 2.24) is 10.6 Å². The molecule has 2 aliphatic rings. The van der Waals surface area contributed by atoms with Gasteiger partial charge >= 0.3 is 0 Å². The normalized spacial score (nSPS) is 21.3. The molecule has 1 saturated carbocycles. The van der Waals surface area contributed by atoms with Gasteiger partial charge in [-0.05, 0) is 32.1 Å². The second-order valence-electron chi connectivity index (χ2n) is 6.71. The smallest absolute Gasteiger partial charge is 0.190 e. The van der Waals surface area contributed by atoms with Gasteiger partial charge in [-0.25, -0.2) is 0 Å². The summed E-state index contributed by atoms with van der Waals surface area (Å²) in [6.07, 6.45) is 8.80. The van der Waals surface area contributed by atoms with E-state index in [0.717, 1.165) is 71.3 Å². The van der Waals surface area contributed by atoms with E-state index in [1.165, 1.54) is 25.7 Å². The van der Waals surface area contributed by atoms with Crippen molar-refractivity contribution in [2.24, 2.45) is 10.9 Å². The van der Waals surface area contributed by atoms with Crippen LogP contribution in [0.4, 0.5) is 0 Å². The summed E-state index contributed by atoms with van der Waals surface area (Å²) in [7, 11) is 1.81. The number of nitrogens with one attached hydrogen (secondary N) is 2. The molecule has 2 N–H and O–H groups in total. The Morgan fingerprint density at radius 1 is 1.08 bits per heavy atom. The van der Waals surface area contributed by atoms with Gasteiger partial charge in [0.25, 0.3) is 0 Å². The van der Waals surface area contributed by atoms with Crippen LogP contribution in [0.2, 0.25) is 0 Å².